The van der Waals surface area contributed by atoms with Crippen LogP contribution in [0.1, 0.15) is 60.8 Å². The summed E-state index contributed by atoms with van der Waals surface area (Å²) in [6.45, 7) is 8.32. The number of carbonyl (C=O) groups excluding carboxylic acids is 1. The molecule has 2 heterocycles. The highest BCUT2D eigenvalue weighted by Gasteiger charge is 2.37. The van der Waals surface area contributed by atoms with Gasteiger partial charge in [0, 0.05) is 18.8 Å². The minimum Gasteiger partial charge on any atom is -0.355 e. The topological polar surface area (TPSA) is 92.5 Å². The molecule has 36 heavy (non-hydrogen) atoms. The zero-order chi connectivity index (χ0) is 25.9. The molecule has 0 saturated carbocycles. The number of nitrogens with zero attached hydrogens (tertiary/aromatic N) is 2. The summed E-state index contributed by atoms with van der Waals surface area (Å²) < 4.78 is 34.0. The van der Waals surface area contributed by atoms with Crippen molar-refractivity contribution in [3.8, 4) is 0 Å². The summed E-state index contributed by atoms with van der Waals surface area (Å²) in [7, 11) is -3.90. The lowest BCUT2D eigenvalue weighted by atomic mass is 9.98. The van der Waals surface area contributed by atoms with Crippen molar-refractivity contribution < 1.29 is 17.7 Å². The molecule has 1 amide bonds. The molecule has 7 nitrogen and oxygen atoms in total. The molecule has 1 aliphatic rings. The van der Waals surface area contributed by atoms with Crippen molar-refractivity contribution in [2.75, 3.05) is 18.4 Å². The molecular weight excluding hydrogens is 474 g/mol. The molecule has 0 aliphatic carbocycles. The third kappa shape index (κ3) is 5.77. The van der Waals surface area contributed by atoms with Crippen LogP contribution in [0.3, 0.4) is 0 Å². The van der Waals surface area contributed by atoms with Gasteiger partial charge in [0.2, 0.25) is 15.9 Å². The van der Waals surface area contributed by atoms with E-state index < -0.39 is 15.9 Å². The van der Waals surface area contributed by atoms with Crippen LogP contribution in [0.4, 0.5) is 5.69 Å². The summed E-state index contributed by atoms with van der Waals surface area (Å²) >= 11 is 0. The molecule has 0 bridgehead atoms. The molecule has 1 saturated heterocycles. The molecule has 1 N–H and O–H groups in total. The molecule has 190 valence electrons. The Morgan fingerprint density at radius 1 is 1.08 bits per heavy atom. The Labute approximate surface area is 213 Å². The summed E-state index contributed by atoms with van der Waals surface area (Å²) in [5.41, 5.74) is 4.27. The second-order valence-electron chi connectivity index (χ2n) is 9.67. The van der Waals surface area contributed by atoms with Gasteiger partial charge in [0.1, 0.15) is 5.69 Å². The molecule has 1 fully saturated rings. The van der Waals surface area contributed by atoms with E-state index in [1.807, 2.05) is 55.5 Å². The first-order chi connectivity index (χ1) is 17.1. The van der Waals surface area contributed by atoms with E-state index in [9.17, 15) is 13.2 Å². The van der Waals surface area contributed by atoms with E-state index in [-0.39, 0.29) is 23.1 Å². The molecule has 0 spiro atoms. The number of piperidine rings is 1. The summed E-state index contributed by atoms with van der Waals surface area (Å²) in [4.78, 5) is 13.0. The number of anilines is 1. The number of sulfonamides is 1. The zero-order valence-corrected chi connectivity index (χ0v) is 22.0. The average molecular weight is 508 g/mol. The predicted octanol–water partition coefficient (Wildman–Crippen LogP) is 5.62. The van der Waals surface area contributed by atoms with Gasteiger partial charge in [-0.1, -0.05) is 67.0 Å². The van der Waals surface area contributed by atoms with E-state index in [2.05, 4.69) is 24.3 Å². The predicted molar refractivity (Wildman–Crippen MR) is 142 cm³/mol. The second-order valence-corrected chi connectivity index (χ2v) is 11.5. The smallest absolute Gasteiger partial charge is 0.248 e. The maximum Gasteiger partial charge on any atom is 0.248 e. The van der Waals surface area contributed by atoms with Gasteiger partial charge in [-0.05, 0) is 61.9 Å². The Kier molecular flexibility index (Phi) is 7.76. The van der Waals surface area contributed by atoms with Crippen LogP contribution in [0.15, 0.2) is 57.9 Å². The van der Waals surface area contributed by atoms with Gasteiger partial charge in [0.25, 0.3) is 0 Å². The van der Waals surface area contributed by atoms with Crippen LogP contribution in [0, 0.1) is 19.8 Å². The van der Waals surface area contributed by atoms with Crippen molar-refractivity contribution in [1.29, 1.82) is 0 Å². The maximum atomic E-state index is 13.6. The first kappa shape index (κ1) is 25.9. The lowest BCUT2D eigenvalue weighted by molar-refractivity contribution is -0.120. The number of hydrogen-bond donors (Lipinski definition) is 1. The van der Waals surface area contributed by atoms with E-state index in [4.69, 9.17) is 4.52 Å². The van der Waals surface area contributed by atoms with E-state index in [1.54, 1.807) is 19.1 Å². The largest absolute Gasteiger partial charge is 0.355 e. The number of aryl methyl sites for hydroxylation is 2. The summed E-state index contributed by atoms with van der Waals surface area (Å²) in [6.07, 6.45) is 4.66. The molecule has 1 aliphatic heterocycles. The molecule has 4 rings (SSSR count). The van der Waals surface area contributed by atoms with Crippen molar-refractivity contribution in [3.05, 3.63) is 76.7 Å². The van der Waals surface area contributed by atoms with Crippen molar-refractivity contribution in [3.63, 3.8) is 0 Å². The molecule has 1 atom stereocenters. The van der Waals surface area contributed by atoms with Crippen LogP contribution in [-0.2, 0) is 14.8 Å². The highest BCUT2D eigenvalue weighted by atomic mass is 32.2. The first-order valence-electron chi connectivity index (χ1n) is 12.3. The lowest BCUT2D eigenvalue weighted by Gasteiger charge is -2.31. The van der Waals surface area contributed by atoms with Gasteiger partial charge in [0.05, 0.1) is 5.92 Å². The fourth-order valence-corrected chi connectivity index (χ4v) is 6.12. The van der Waals surface area contributed by atoms with Crippen LogP contribution in [0.25, 0.3) is 12.2 Å². The van der Waals surface area contributed by atoms with Crippen LogP contribution < -0.4 is 5.32 Å². The SMILES string of the molecule is Cc1ccc(/C=C/c2onc(C)c2S(=O)(=O)N2CCCC(C(=O)Nc3ccc(C(C)C)cc3)C2)cc1. The first-order valence-corrected chi connectivity index (χ1v) is 13.7. The van der Waals surface area contributed by atoms with E-state index in [0.29, 0.717) is 36.7 Å². The number of benzene rings is 2. The van der Waals surface area contributed by atoms with Crippen LogP contribution in [-0.4, -0.2) is 36.9 Å². The van der Waals surface area contributed by atoms with Gasteiger partial charge in [-0.2, -0.15) is 4.31 Å². The number of nitrogens with one attached hydrogen (secondary N) is 1. The molecule has 1 unspecified atom stereocenters. The van der Waals surface area contributed by atoms with Gasteiger partial charge in [-0.3, -0.25) is 4.79 Å². The molecular formula is C28H33N3O4S. The quantitative estimate of drug-likeness (QED) is 0.448. The van der Waals surface area contributed by atoms with Crippen molar-refractivity contribution in [2.24, 2.45) is 5.92 Å². The Balaban J connectivity index is 1.49. The fraction of sp³-hybridized carbons (Fsp3) is 0.357. The van der Waals surface area contributed by atoms with Gasteiger partial charge in [-0.15, -0.1) is 0 Å². The second kappa shape index (κ2) is 10.8. The Morgan fingerprint density at radius 2 is 1.78 bits per heavy atom. The summed E-state index contributed by atoms with van der Waals surface area (Å²) in [6, 6.07) is 15.6. The normalized spacial score (nSPS) is 17.1. The third-order valence-electron chi connectivity index (χ3n) is 6.54. The van der Waals surface area contributed by atoms with E-state index in [1.165, 1.54) is 9.87 Å². The lowest BCUT2D eigenvalue weighted by Crippen LogP contribution is -2.43. The Morgan fingerprint density at radius 3 is 2.44 bits per heavy atom. The van der Waals surface area contributed by atoms with Crippen LogP contribution in [0.5, 0.6) is 0 Å². The molecule has 8 heteroatoms. The number of rotatable bonds is 7. The van der Waals surface area contributed by atoms with Gasteiger partial charge >= 0.3 is 0 Å². The third-order valence-corrected chi connectivity index (χ3v) is 8.56. The van der Waals surface area contributed by atoms with E-state index in [0.717, 1.165) is 11.1 Å². The summed E-state index contributed by atoms with van der Waals surface area (Å²) in [5.74, 6) is -0.0204. The van der Waals surface area contributed by atoms with Gasteiger partial charge < -0.3 is 9.84 Å². The average Bonchev–Trinajstić information content (AvgIpc) is 3.25. The van der Waals surface area contributed by atoms with Gasteiger partial charge in [0.15, 0.2) is 10.7 Å². The maximum absolute atomic E-state index is 13.6. The summed E-state index contributed by atoms with van der Waals surface area (Å²) in [5, 5.41) is 6.87. The molecule has 2 aromatic carbocycles. The van der Waals surface area contributed by atoms with Crippen molar-refractivity contribution in [1.82, 2.24) is 9.46 Å². The minimum absolute atomic E-state index is 0.0520. The number of hydrogen-bond acceptors (Lipinski definition) is 5. The molecule has 1 aromatic heterocycles. The van der Waals surface area contributed by atoms with Crippen LogP contribution in [0.2, 0.25) is 0 Å². The number of aromatic nitrogens is 1. The Hall–Kier alpha value is -3.23. The monoisotopic (exact) mass is 507 g/mol. The highest BCUT2D eigenvalue weighted by Crippen LogP contribution is 2.30. The van der Waals surface area contributed by atoms with E-state index >= 15 is 0 Å². The van der Waals surface area contributed by atoms with Crippen molar-refractivity contribution >= 4 is 33.8 Å². The zero-order valence-electron chi connectivity index (χ0n) is 21.2. The van der Waals surface area contributed by atoms with Crippen LogP contribution >= 0.6 is 0 Å². The fourth-order valence-electron chi connectivity index (χ4n) is 4.35. The molecule has 0 radical (unpaired) electrons. The molecule has 3 aromatic rings. The standard InChI is InChI=1S/C28H33N3O4S/c1-19(2)23-12-14-25(15-13-23)29-28(32)24-6-5-17-31(18-24)36(33,34)27-21(4)30-35-26(27)16-11-22-9-7-20(3)8-10-22/h7-16,19,24H,5-6,17-18H2,1-4H3,(H,29,32)/b16-11+. The Bertz CT molecular complexity index is 1340. The highest BCUT2D eigenvalue weighted by molar-refractivity contribution is 7.89. The minimum atomic E-state index is -3.90. The number of carbonyl (C=O) groups is 1. The van der Waals surface area contributed by atoms with Gasteiger partial charge in [-0.25, -0.2) is 8.42 Å². The number of amides is 1. The van der Waals surface area contributed by atoms with Crippen molar-refractivity contribution in [2.45, 2.75) is 51.3 Å².